The van der Waals surface area contributed by atoms with E-state index in [1.54, 1.807) is 24.5 Å². The summed E-state index contributed by atoms with van der Waals surface area (Å²) in [6.45, 7) is 0.532. The van der Waals surface area contributed by atoms with E-state index < -0.39 is 0 Å². The van der Waals surface area contributed by atoms with Gasteiger partial charge < -0.3 is 10.1 Å². The largest absolute Gasteiger partial charge is 0.497 e. The highest BCUT2D eigenvalue weighted by Gasteiger charge is 2.02. The highest BCUT2D eigenvalue weighted by atomic mass is 79.9. The third-order valence-corrected chi connectivity index (χ3v) is 4.58. The van der Waals surface area contributed by atoms with Gasteiger partial charge in [0.1, 0.15) is 5.75 Å². The number of methoxy groups -OCH3 is 1. The third-order valence-electron chi connectivity index (χ3n) is 2.66. The molecule has 0 aliphatic heterocycles. The molecule has 3 nitrogen and oxygen atoms in total. The summed E-state index contributed by atoms with van der Waals surface area (Å²) in [5.41, 5.74) is 0.957. The number of nitrogens with one attached hydrogen (secondary N) is 1. The Bertz CT molecular complexity index is 605. The van der Waals surface area contributed by atoms with Crippen molar-refractivity contribution in [1.82, 2.24) is 5.32 Å². The molecule has 0 saturated carbocycles. The van der Waals surface area contributed by atoms with Gasteiger partial charge in [0.25, 0.3) is 0 Å². The van der Waals surface area contributed by atoms with E-state index in [1.807, 2.05) is 35.7 Å². The van der Waals surface area contributed by atoms with Gasteiger partial charge in [0, 0.05) is 15.4 Å². The summed E-state index contributed by atoms with van der Waals surface area (Å²) in [6.07, 6.45) is 3.31. The second-order valence-electron chi connectivity index (χ2n) is 4.02. The number of halogens is 1. The molecule has 1 N–H and O–H groups in total. The van der Waals surface area contributed by atoms with E-state index >= 15 is 0 Å². The molecule has 0 bridgehead atoms. The fraction of sp³-hybridized carbons (Fsp3) is 0.133. The molecule has 2 aromatic rings. The summed E-state index contributed by atoms with van der Waals surface area (Å²) < 4.78 is 6.11. The summed E-state index contributed by atoms with van der Waals surface area (Å²) in [4.78, 5) is 12.8. The quantitative estimate of drug-likeness (QED) is 0.830. The lowest BCUT2D eigenvalue weighted by molar-refractivity contribution is -0.116. The highest BCUT2D eigenvalue weighted by Crippen LogP contribution is 2.22. The van der Waals surface area contributed by atoms with E-state index in [2.05, 4.69) is 21.2 Å². The summed E-state index contributed by atoms with van der Waals surface area (Å²) in [6, 6.07) is 9.50. The Morgan fingerprint density at radius 1 is 1.35 bits per heavy atom. The number of ether oxygens (including phenoxy) is 1. The Labute approximate surface area is 130 Å². The van der Waals surface area contributed by atoms with Crippen LogP contribution in [0.4, 0.5) is 0 Å². The molecule has 20 heavy (non-hydrogen) atoms. The van der Waals surface area contributed by atoms with E-state index in [0.29, 0.717) is 6.54 Å². The Kier molecular flexibility index (Phi) is 5.38. The molecule has 1 aromatic carbocycles. The SMILES string of the molecule is COc1ccc(/C=C/C(=O)NCc2sccc2Br)cc1. The Hall–Kier alpha value is -1.59. The first kappa shape index (κ1) is 14.8. The van der Waals surface area contributed by atoms with Crippen molar-refractivity contribution in [3.8, 4) is 5.75 Å². The van der Waals surface area contributed by atoms with Crippen molar-refractivity contribution >= 4 is 39.2 Å². The molecule has 0 saturated heterocycles. The van der Waals surface area contributed by atoms with Crippen molar-refractivity contribution < 1.29 is 9.53 Å². The minimum absolute atomic E-state index is 0.110. The zero-order valence-electron chi connectivity index (χ0n) is 10.9. The van der Waals surface area contributed by atoms with Gasteiger partial charge in [-0.1, -0.05) is 12.1 Å². The van der Waals surface area contributed by atoms with Gasteiger partial charge >= 0.3 is 0 Å². The van der Waals surface area contributed by atoms with Crippen LogP contribution in [-0.4, -0.2) is 13.0 Å². The first-order valence-corrected chi connectivity index (χ1v) is 7.68. The number of benzene rings is 1. The van der Waals surface area contributed by atoms with Gasteiger partial charge in [-0.15, -0.1) is 11.3 Å². The topological polar surface area (TPSA) is 38.3 Å². The normalized spacial score (nSPS) is 10.7. The van der Waals surface area contributed by atoms with Crippen LogP contribution >= 0.6 is 27.3 Å². The summed E-state index contributed by atoms with van der Waals surface area (Å²) in [7, 11) is 1.63. The van der Waals surface area contributed by atoms with Gasteiger partial charge in [0.2, 0.25) is 5.91 Å². The predicted molar refractivity (Wildman–Crippen MR) is 85.9 cm³/mol. The molecule has 0 aliphatic carbocycles. The monoisotopic (exact) mass is 351 g/mol. The van der Waals surface area contributed by atoms with Gasteiger partial charge in [0.05, 0.1) is 13.7 Å². The Morgan fingerprint density at radius 3 is 2.70 bits per heavy atom. The van der Waals surface area contributed by atoms with Crippen LogP contribution in [0.3, 0.4) is 0 Å². The molecule has 1 aromatic heterocycles. The molecule has 0 aliphatic rings. The highest BCUT2D eigenvalue weighted by molar-refractivity contribution is 9.10. The fourth-order valence-electron chi connectivity index (χ4n) is 1.56. The standard InChI is InChI=1S/C15H14BrNO2S/c1-19-12-5-2-11(3-6-12)4-7-15(18)17-10-14-13(16)8-9-20-14/h2-9H,10H2,1H3,(H,17,18)/b7-4+. The van der Waals surface area contributed by atoms with Crippen molar-refractivity contribution in [3.63, 3.8) is 0 Å². The number of carbonyl (C=O) groups is 1. The van der Waals surface area contributed by atoms with Gasteiger partial charge in [-0.3, -0.25) is 4.79 Å². The van der Waals surface area contributed by atoms with Crippen LogP contribution in [0.1, 0.15) is 10.4 Å². The molecule has 104 valence electrons. The van der Waals surface area contributed by atoms with E-state index in [9.17, 15) is 4.79 Å². The molecule has 0 fully saturated rings. The van der Waals surface area contributed by atoms with Crippen molar-refractivity contribution in [3.05, 3.63) is 56.7 Å². The molecular weight excluding hydrogens is 338 g/mol. The molecule has 0 unspecified atom stereocenters. The molecule has 2 rings (SSSR count). The van der Waals surface area contributed by atoms with Crippen molar-refractivity contribution in [2.24, 2.45) is 0 Å². The second-order valence-corrected chi connectivity index (χ2v) is 5.87. The molecule has 1 heterocycles. The lowest BCUT2D eigenvalue weighted by atomic mass is 10.2. The fourth-order valence-corrected chi connectivity index (χ4v) is 3.00. The predicted octanol–water partition coefficient (Wildman–Crippen LogP) is 3.85. The lowest BCUT2D eigenvalue weighted by Gasteiger charge is -2.01. The van der Waals surface area contributed by atoms with E-state index in [4.69, 9.17) is 4.74 Å². The van der Waals surface area contributed by atoms with Crippen molar-refractivity contribution in [1.29, 1.82) is 0 Å². The van der Waals surface area contributed by atoms with Crippen LogP contribution < -0.4 is 10.1 Å². The summed E-state index contributed by atoms with van der Waals surface area (Å²) in [5, 5.41) is 4.83. The summed E-state index contributed by atoms with van der Waals surface area (Å²) >= 11 is 5.05. The van der Waals surface area contributed by atoms with Gasteiger partial charge in [-0.2, -0.15) is 0 Å². The smallest absolute Gasteiger partial charge is 0.244 e. The number of rotatable bonds is 5. The molecule has 0 radical (unpaired) electrons. The van der Waals surface area contributed by atoms with E-state index in [1.165, 1.54) is 6.08 Å². The molecule has 5 heteroatoms. The van der Waals surface area contributed by atoms with Crippen LogP contribution in [0.25, 0.3) is 6.08 Å². The first-order chi connectivity index (χ1) is 9.69. The maximum Gasteiger partial charge on any atom is 0.244 e. The number of amides is 1. The third kappa shape index (κ3) is 4.21. The lowest BCUT2D eigenvalue weighted by Crippen LogP contribution is -2.19. The second kappa shape index (κ2) is 7.26. The van der Waals surface area contributed by atoms with Crippen LogP contribution in [0, 0.1) is 0 Å². The Balaban J connectivity index is 1.87. The van der Waals surface area contributed by atoms with Gasteiger partial charge in [-0.25, -0.2) is 0 Å². The molecule has 1 amide bonds. The van der Waals surface area contributed by atoms with Crippen LogP contribution in [0.5, 0.6) is 5.75 Å². The maximum absolute atomic E-state index is 11.7. The van der Waals surface area contributed by atoms with Crippen molar-refractivity contribution in [2.45, 2.75) is 6.54 Å². The van der Waals surface area contributed by atoms with E-state index in [-0.39, 0.29) is 5.91 Å². The zero-order valence-corrected chi connectivity index (χ0v) is 13.3. The number of thiophene rings is 1. The molecule has 0 spiro atoms. The number of hydrogen-bond acceptors (Lipinski definition) is 3. The number of hydrogen-bond donors (Lipinski definition) is 1. The van der Waals surface area contributed by atoms with Crippen LogP contribution in [0.2, 0.25) is 0 Å². The molecule has 0 atom stereocenters. The summed E-state index contributed by atoms with van der Waals surface area (Å²) in [5.74, 6) is 0.690. The van der Waals surface area contributed by atoms with Crippen LogP contribution in [0.15, 0.2) is 46.3 Å². The average molecular weight is 352 g/mol. The van der Waals surface area contributed by atoms with Gasteiger partial charge in [0.15, 0.2) is 0 Å². The maximum atomic E-state index is 11.7. The van der Waals surface area contributed by atoms with Crippen molar-refractivity contribution in [2.75, 3.05) is 7.11 Å². The van der Waals surface area contributed by atoms with Crippen LogP contribution in [-0.2, 0) is 11.3 Å². The minimum Gasteiger partial charge on any atom is -0.497 e. The molecular formula is C15H14BrNO2S. The van der Waals surface area contributed by atoms with E-state index in [0.717, 1.165) is 20.7 Å². The van der Waals surface area contributed by atoms with Gasteiger partial charge in [-0.05, 0) is 51.1 Å². The zero-order chi connectivity index (χ0) is 14.4. The number of carbonyl (C=O) groups excluding carboxylic acids is 1. The first-order valence-electron chi connectivity index (χ1n) is 6.01. The minimum atomic E-state index is -0.110. The Morgan fingerprint density at radius 2 is 2.10 bits per heavy atom. The average Bonchev–Trinajstić information content (AvgIpc) is 2.89.